The molecule has 44 heavy (non-hydrogen) atoms. The van der Waals surface area contributed by atoms with Crippen LogP contribution in [0.2, 0.25) is 0 Å². The van der Waals surface area contributed by atoms with Gasteiger partial charge in [0.2, 0.25) is 5.91 Å². The van der Waals surface area contributed by atoms with Gasteiger partial charge in [-0.15, -0.1) is 0 Å². The van der Waals surface area contributed by atoms with Crippen molar-refractivity contribution in [1.82, 2.24) is 10.2 Å². The summed E-state index contributed by atoms with van der Waals surface area (Å²) in [5, 5.41) is 6.22. The largest absolute Gasteiger partial charge is 0.369 e. The minimum atomic E-state index is -0.349. The number of nitrogens with zero attached hydrogens (tertiary/aromatic N) is 2. The summed E-state index contributed by atoms with van der Waals surface area (Å²) in [6, 6.07) is 45.3. The van der Waals surface area contributed by atoms with Gasteiger partial charge in [0.1, 0.15) is 6.04 Å². The molecule has 1 aliphatic rings. The van der Waals surface area contributed by atoms with E-state index in [0.29, 0.717) is 12.1 Å². The molecule has 0 saturated carbocycles. The predicted octanol–water partition coefficient (Wildman–Crippen LogP) is 6.79. The summed E-state index contributed by atoms with van der Waals surface area (Å²) < 4.78 is 0. The van der Waals surface area contributed by atoms with Gasteiger partial charge in [0.05, 0.1) is 0 Å². The van der Waals surface area contributed by atoms with Crippen molar-refractivity contribution in [3.63, 3.8) is 0 Å². The van der Waals surface area contributed by atoms with Crippen molar-refractivity contribution in [1.29, 1.82) is 0 Å². The highest BCUT2D eigenvalue weighted by Gasteiger charge is 2.30. The second-order valence-corrected chi connectivity index (χ2v) is 11.0. The summed E-state index contributed by atoms with van der Waals surface area (Å²) in [5.41, 5.74) is 6.48. The molecule has 6 heteroatoms. The molecule has 1 saturated heterocycles. The van der Waals surface area contributed by atoms with Gasteiger partial charge in [0, 0.05) is 49.7 Å². The van der Waals surface area contributed by atoms with Gasteiger partial charge < -0.3 is 15.5 Å². The average molecular weight is 581 g/mol. The number of piperazine rings is 1. The zero-order chi connectivity index (χ0) is 30.1. The van der Waals surface area contributed by atoms with Gasteiger partial charge in [-0.3, -0.25) is 14.5 Å². The third-order valence-corrected chi connectivity index (χ3v) is 8.10. The number of hydrogen-bond acceptors (Lipinski definition) is 4. The molecule has 5 aromatic rings. The molecule has 0 aliphatic carbocycles. The van der Waals surface area contributed by atoms with Crippen LogP contribution in [0.1, 0.15) is 27.5 Å². The SMILES string of the molecule is O=C(Nc1ccc(N2CCN(C(C(=O)NCc3ccccc3)c3ccccc3)CC2)cc1)c1ccccc1-c1ccccc1. The van der Waals surface area contributed by atoms with Crippen molar-refractivity contribution in [2.75, 3.05) is 36.4 Å². The Balaban J connectivity index is 1.09. The topological polar surface area (TPSA) is 64.7 Å². The fraction of sp³-hybridized carbons (Fsp3) is 0.158. The first-order valence-electron chi connectivity index (χ1n) is 15.1. The normalized spacial score (nSPS) is 14.0. The van der Waals surface area contributed by atoms with E-state index < -0.39 is 0 Å². The summed E-state index contributed by atoms with van der Waals surface area (Å²) in [7, 11) is 0. The number of carbonyl (C=O) groups excluding carboxylic acids is 2. The van der Waals surface area contributed by atoms with Crippen LogP contribution in [0.15, 0.2) is 140 Å². The van der Waals surface area contributed by atoms with E-state index in [9.17, 15) is 9.59 Å². The molecule has 1 aliphatic heterocycles. The zero-order valence-corrected chi connectivity index (χ0v) is 24.6. The number of amides is 2. The van der Waals surface area contributed by atoms with Crippen LogP contribution in [0.25, 0.3) is 11.1 Å². The fourth-order valence-electron chi connectivity index (χ4n) is 5.79. The van der Waals surface area contributed by atoms with Gasteiger partial charge >= 0.3 is 0 Å². The van der Waals surface area contributed by atoms with Crippen LogP contribution in [-0.2, 0) is 11.3 Å². The molecule has 0 bridgehead atoms. The van der Waals surface area contributed by atoms with E-state index in [1.54, 1.807) is 0 Å². The molecule has 6 nitrogen and oxygen atoms in total. The van der Waals surface area contributed by atoms with E-state index in [4.69, 9.17) is 0 Å². The number of hydrogen-bond donors (Lipinski definition) is 2. The molecule has 2 N–H and O–H groups in total. The monoisotopic (exact) mass is 580 g/mol. The highest BCUT2D eigenvalue weighted by Crippen LogP contribution is 2.27. The lowest BCUT2D eigenvalue weighted by Crippen LogP contribution is -2.51. The van der Waals surface area contributed by atoms with E-state index in [-0.39, 0.29) is 17.9 Å². The van der Waals surface area contributed by atoms with Crippen molar-refractivity contribution in [3.05, 3.63) is 156 Å². The van der Waals surface area contributed by atoms with E-state index in [2.05, 4.69) is 32.6 Å². The average Bonchev–Trinajstić information content (AvgIpc) is 3.09. The summed E-state index contributed by atoms with van der Waals surface area (Å²) in [6.45, 7) is 3.61. The predicted molar refractivity (Wildman–Crippen MR) is 178 cm³/mol. The van der Waals surface area contributed by atoms with Crippen molar-refractivity contribution in [2.24, 2.45) is 0 Å². The van der Waals surface area contributed by atoms with E-state index in [0.717, 1.165) is 59.8 Å². The third-order valence-electron chi connectivity index (χ3n) is 8.10. The van der Waals surface area contributed by atoms with E-state index in [1.165, 1.54) is 0 Å². The Labute approximate surface area is 259 Å². The quantitative estimate of drug-likeness (QED) is 0.202. The van der Waals surface area contributed by atoms with Crippen LogP contribution in [-0.4, -0.2) is 42.9 Å². The maximum absolute atomic E-state index is 13.5. The van der Waals surface area contributed by atoms with Crippen molar-refractivity contribution in [2.45, 2.75) is 12.6 Å². The molecule has 220 valence electrons. The van der Waals surface area contributed by atoms with Crippen molar-refractivity contribution >= 4 is 23.2 Å². The molecule has 1 atom stereocenters. The minimum absolute atomic E-state index is 0.0161. The summed E-state index contributed by atoms with van der Waals surface area (Å²) in [5.74, 6) is -0.120. The summed E-state index contributed by atoms with van der Waals surface area (Å²) in [6.07, 6.45) is 0. The number of rotatable bonds is 9. The number of carbonyl (C=O) groups is 2. The number of nitrogens with one attached hydrogen (secondary N) is 2. The van der Waals surface area contributed by atoms with Gasteiger partial charge in [-0.2, -0.15) is 0 Å². The first-order chi connectivity index (χ1) is 21.7. The molecule has 5 aromatic carbocycles. The second kappa shape index (κ2) is 13.8. The van der Waals surface area contributed by atoms with Crippen LogP contribution in [0.3, 0.4) is 0 Å². The smallest absolute Gasteiger partial charge is 0.256 e. The molecule has 0 aromatic heterocycles. The molecular weight excluding hydrogens is 544 g/mol. The van der Waals surface area contributed by atoms with Gasteiger partial charge in [0.25, 0.3) is 5.91 Å². The van der Waals surface area contributed by atoms with Crippen molar-refractivity contribution < 1.29 is 9.59 Å². The Morgan fingerprint density at radius 3 is 1.91 bits per heavy atom. The van der Waals surface area contributed by atoms with Gasteiger partial charge in [-0.05, 0) is 52.6 Å². The molecule has 1 heterocycles. The summed E-state index contributed by atoms with van der Waals surface area (Å²) in [4.78, 5) is 31.3. The Morgan fingerprint density at radius 2 is 1.23 bits per heavy atom. The third kappa shape index (κ3) is 6.88. The van der Waals surface area contributed by atoms with Crippen molar-refractivity contribution in [3.8, 4) is 11.1 Å². The van der Waals surface area contributed by atoms with Crippen LogP contribution in [0.5, 0.6) is 0 Å². The first-order valence-corrected chi connectivity index (χ1v) is 15.1. The highest BCUT2D eigenvalue weighted by molar-refractivity contribution is 6.08. The lowest BCUT2D eigenvalue weighted by atomic mass is 9.99. The van der Waals surface area contributed by atoms with Crippen LogP contribution in [0, 0.1) is 0 Å². The number of benzene rings is 5. The Bertz CT molecular complexity index is 1670. The Hall–Kier alpha value is -5.20. The molecule has 1 fully saturated rings. The van der Waals surface area contributed by atoms with Crippen LogP contribution >= 0.6 is 0 Å². The number of anilines is 2. The first kappa shape index (κ1) is 28.9. The van der Waals surface area contributed by atoms with Gasteiger partial charge in [0.15, 0.2) is 0 Å². The molecule has 0 radical (unpaired) electrons. The van der Waals surface area contributed by atoms with E-state index in [1.807, 2.05) is 127 Å². The second-order valence-electron chi connectivity index (χ2n) is 11.0. The minimum Gasteiger partial charge on any atom is -0.369 e. The van der Waals surface area contributed by atoms with Gasteiger partial charge in [-0.25, -0.2) is 0 Å². The van der Waals surface area contributed by atoms with Crippen LogP contribution < -0.4 is 15.5 Å². The lowest BCUT2D eigenvalue weighted by Gasteiger charge is -2.39. The zero-order valence-electron chi connectivity index (χ0n) is 24.6. The maximum atomic E-state index is 13.5. The molecule has 6 rings (SSSR count). The Morgan fingerprint density at radius 1 is 0.636 bits per heavy atom. The molecule has 0 spiro atoms. The lowest BCUT2D eigenvalue weighted by molar-refractivity contribution is -0.127. The summed E-state index contributed by atoms with van der Waals surface area (Å²) >= 11 is 0. The Kier molecular flexibility index (Phi) is 9.09. The molecule has 1 unspecified atom stereocenters. The highest BCUT2D eigenvalue weighted by atomic mass is 16.2. The fourth-order valence-corrected chi connectivity index (χ4v) is 5.79. The standard InChI is InChI=1S/C38H36N4O2/c43-37(35-19-11-10-18-34(35)30-14-6-2-7-15-30)40-32-20-22-33(23-21-32)41-24-26-42(27-25-41)36(31-16-8-3-9-17-31)38(44)39-28-29-12-4-1-5-13-29/h1-23,36H,24-28H2,(H,39,44)(H,40,43). The molecule has 2 amide bonds. The van der Waals surface area contributed by atoms with Crippen LogP contribution in [0.4, 0.5) is 11.4 Å². The molecular formula is C38H36N4O2. The van der Waals surface area contributed by atoms with Gasteiger partial charge in [-0.1, -0.05) is 109 Å². The van der Waals surface area contributed by atoms with E-state index >= 15 is 0 Å². The maximum Gasteiger partial charge on any atom is 0.256 e.